The molecule has 8 N–H and O–H groups in total. The van der Waals surface area contributed by atoms with Gasteiger partial charge in [0.15, 0.2) is 12.6 Å². The zero-order valence-corrected chi connectivity index (χ0v) is 26.6. The molecule has 0 radical (unpaired) electrons. The van der Waals surface area contributed by atoms with E-state index in [9.17, 15) is 40.9 Å². The summed E-state index contributed by atoms with van der Waals surface area (Å²) in [7, 11) is 0. The number of hydrogen-bond donors (Lipinski definition) is 8. The van der Waals surface area contributed by atoms with Crippen LogP contribution in [0.1, 0.15) is 72.1 Å². The quantitative estimate of drug-likeness (QED) is 0.173. The molecule has 12 nitrogen and oxygen atoms in total. The molecule has 2 saturated heterocycles. The molecule has 6 aliphatic rings. The highest BCUT2D eigenvalue weighted by atomic mass is 16.7. The summed E-state index contributed by atoms with van der Waals surface area (Å²) in [5, 5.41) is 82.3. The van der Waals surface area contributed by atoms with Crippen molar-refractivity contribution in [1.29, 1.82) is 0 Å². The first-order valence-electron chi connectivity index (χ1n) is 16.9. The van der Waals surface area contributed by atoms with Crippen LogP contribution in [0.25, 0.3) is 0 Å². The van der Waals surface area contributed by atoms with E-state index < -0.39 is 68.0 Å². The molecule has 2 heterocycles. The third-order valence-electron chi connectivity index (χ3n) is 13.0. The van der Waals surface area contributed by atoms with Gasteiger partial charge in [0, 0.05) is 0 Å². The summed E-state index contributed by atoms with van der Waals surface area (Å²) in [5.41, 5.74) is 1.65. The first-order valence-corrected chi connectivity index (χ1v) is 16.9. The van der Waals surface area contributed by atoms with Gasteiger partial charge in [-0.2, -0.15) is 0 Å². The molecule has 0 aromatic rings. The molecule has 12 heteroatoms. The molecule has 3 saturated carbocycles. The molecule has 0 aromatic heterocycles. The van der Waals surface area contributed by atoms with Crippen molar-refractivity contribution >= 4 is 0 Å². The molecule has 0 spiro atoms. The first-order chi connectivity index (χ1) is 21.3. The SMILES string of the molecule is C[C@H](O[C@@H]1O[C@H](CO[C@@H]2O[C@H](CO)[C@@H](O)[C@H](O)[C@H]2O)[C@@H](O)[C@H](O)[C@H]1O)[C@H]1CC[C@H]2[C@@H]3CC=C4C[C@@H](O)CC[C@]4(C)[C@H]3CC[C@]12C. The average molecular weight is 643 g/mol. The van der Waals surface area contributed by atoms with Crippen LogP contribution in [0.4, 0.5) is 0 Å². The van der Waals surface area contributed by atoms with Crippen molar-refractivity contribution in [1.82, 2.24) is 0 Å². The van der Waals surface area contributed by atoms with Gasteiger partial charge >= 0.3 is 0 Å². The zero-order chi connectivity index (χ0) is 32.4. The second-order valence-corrected chi connectivity index (χ2v) is 15.3. The molecule has 5 fully saturated rings. The highest BCUT2D eigenvalue weighted by molar-refractivity contribution is 5.25. The minimum absolute atomic E-state index is 0.0415. The lowest BCUT2D eigenvalue weighted by atomic mass is 9.47. The second kappa shape index (κ2) is 12.9. The van der Waals surface area contributed by atoms with Gasteiger partial charge in [0.2, 0.25) is 0 Å². The molecule has 45 heavy (non-hydrogen) atoms. The fourth-order valence-corrected chi connectivity index (χ4v) is 10.3. The largest absolute Gasteiger partial charge is 0.394 e. The van der Waals surface area contributed by atoms with Crippen LogP contribution in [-0.4, -0.2) is 128 Å². The van der Waals surface area contributed by atoms with E-state index >= 15 is 0 Å². The maximum atomic E-state index is 10.8. The van der Waals surface area contributed by atoms with E-state index in [1.165, 1.54) is 5.57 Å². The van der Waals surface area contributed by atoms with Crippen LogP contribution in [0, 0.1) is 34.5 Å². The Kier molecular flexibility index (Phi) is 9.82. The third kappa shape index (κ3) is 5.84. The van der Waals surface area contributed by atoms with E-state index in [1.54, 1.807) is 0 Å². The van der Waals surface area contributed by atoms with Gasteiger partial charge in [-0.15, -0.1) is 0 Å². The van der Waals surface area contributed by atoms with E-state index in [0.717, 1.165) is 51.4 Å². The van der Waals surface area contributed by atoms with Gasteiger partial charge in [0.1, 0.15) is 48.8 Å². The predicted octanol–water partition coefficient (Wildman–Crippen LogP) is -0.0445. The van der Waals surface area contributed by atoms with Crippen LogP contribution >= 0.6 is 0 Å². The van der Waals surface area contributed by atoms with E-state index in [1.807, 2.05) is 6.92 Å². The summed E-state index contributed by atoms with van der Waals surface area (Å²) in [4.78, 5) is 0. The van der Waals surface area contributed by atoms with Crippen molar-refractivity contribution in [2.24, 2.45) is 34.5 Å². The number of allylic oxidation sites excluding steroid dienone is 1. The topological polar surface area (TPSA) is 199 Å². The lowest BCUT2D eigenvalue weighted by molar-refractivity contribution is -0.337. The Morgan fingerprint density at radius 3 is 2.18 bits per heavy atom. The van der Waals surface area contributed by atoms with E-state index in [2.05, 4.69) is 19.9 Å². The second-order valence-electron chi connectivity index (χ2n) is 15.3. The van der Waals surface area contributed by atoms with Crippen LogP contribution in [0.5, 0.6) is 0 Å². The van der Waals surface area contributed by atoms with Gasteiger partial charge in [0.25, 0.3) is 0 Å². The van der Waals surface area contributed by atoms with Gasteiger partial charge in [-0.05, 0) is 92.8 Å². The molecule has 18 atom stereocenters. The van der Waals surface area contributed by atoms with Gasteiger partial charge in [-0.25, -0.2) is 0 Å². The van der Waals surface area contributed by atoms with E-state index in [4.69, 9.17) is 18.9 Å². The lowest BCUT2D eigenvalue weighted by Crippen LogP contribution is -2.62. The van der Waals surface area contributed by atoms with E-state index in [-0.39, 0.29) is 35.6 Å². The zero-order valence-electron chi connectivity index (χ0n) is 26.6. The lowest BCUT2D eigenvalue weighted by Gasteiger charge is -2.58. The predicted molar refractivity (Wildman–Crippen MR) is 158 cm³/mol. The molecular weight excluding hydrogens is 588 g/mol. The van der Waals surface area contributed by atoms with Crippen LogP contribution in [0.2, 0.25) is 0 Å². The number of aliphatic hydroxyl groups is 8. The molecule has 0 amide bonds. The van der Waals surface area contributed by atoms with Crippen molar-refractivity contribution in [3.05, 3.63) is 11.6 Å². The molecule has 0 unspecified atom stereocenters. The summed E-state index contributed by atoms with van der Waals surface area (Å²) >= 11 is 0. The standard InChI is InChI=1S/C33H54O12/c1-15(19-6-7-20-18-5-4-16-12-17(35)8-10-32(16,2)21(18)9-11-33(19,20)3)43-31-29(41)27(39)25(37)23(45-31)14-42-30-28(40)26(38)24(36)22(13-34)44-30/h4,15,17-31,34-41H,5-14H2,1-3H3/t15-,17-,18-,19+,20-,21-,22+,23+,24+,25+,26-,27-,28+,29+,30+,31+,32-,33+/m0/s1. The van der Waals surface area contributed by atoms with Crippen molar-refractivity contribution in [3.8, 4) is 0 Å². The minimum atomic E-state index is -1.63. The van der Waals surface area contributed by atoms with Gasteiger partial charge < -0.3 is 59.8 Å². The van der Waals surface area contributed by atoms with Crippen LogP contribution in [0.15, 0.2) is 11.6 Å². The Hall–Kier alpha value is -0.740. The summed E-state index contributed by atoms with van der Waals surface area (Å²) < 4.78 is 23.2. The molecular formula is C33H54O12. The molecule has 258 valence electrons. The van der Waals surface area contributed by atoms with E-state index in [0.29, 0.717) is 17.8 Å². The summed E-state index contributed by atoms with van der Waals surface area (Å²) in [6.07, 6.45) is -4.46. The highest BCUT2D eigenvalue weighted by Gasteiger charge is 2.60. The Morgan fingerprint density at radius 2 is 1.47 bits per heavy atom. The first kappa shape index (κ1) is 34.1. The molecule has 4 aliphatic carbocycles. The van der Waals surface area contributed by atoms with Crippen molar-refractivity contribution in [3.63, 3.8) is 0 Å². The summed E-state index contributed by atoms with van der Waals surface area (Å²) in [6.45, 7) is 5.78. The number of hydrogen-bond acceptors (Lipinski definition) is 12. The van der Waals surface area contributed by atoms with Crippen molar-refractivity contribution in [2.75, 3.05) is 13.2 Å². The average Bonchev–Trinajstić information content (AvgIpc) is 3.38. The molecule has 6 rings (SSSR count). The summed E-state index contributed by atoms with van der Waals surface area (Å²) in [6, 6.07) is 0. The fourth-order valence-electron chi connectivity index (χ4n) is 10.3. The molecule has 0 aromatic carbocycles. The highest BCUT2D eigenvalue weighted by Crippen LogP contribution is 2.66. The van der Waals surface area contributed by atoms with Crippen LogP contribution in [-0.2, 0) is 18.9 Å². The smallest absolute Gasteiger partial charge is 0.186 e. The molecule has 0 bridgehead atoms. The van der Waals surface area contributed by atoms with Crippen molar-refractivity contribution < 1.29 is 59.8 Å². The summed E-state index contributed by atoms with van der Waals surface area (Å²) in [5.74, 6) is 1.95. The Morgan fingerprint density at radius 1 is 0.800 bits per heavy atom. The van der Waals surface area contributed by atoms with Crippen LogP contribution in [0.3, 0.4) is 0 Å². The number of ether oxygens (including phenoxy) is 4. The third-order valence-corrected chi connectivity index (χ3v) is 13.0. The maximum absolute atomic E-state index is 10.8. The van der Waals surface area contributed by atoms with Gasteiger partial charge in [-0.1, -0.05) is 25.5 Å². The normalized spacial score (nSPS) is 54.0. The number of rotatable bonds is 7. The Bertz CT molecular complexity index is 1070. The van der Waals surface area contributed by atoms with Gasteiger partial charge in [-0.3, -0.25) is 0 Å². The maximum Gasteiger partial charge on any atom is 0.186 e. The van der Waals surface area contributed by atoms with Crippen LogP contribution < -0.4 is 0 Å². The fraction of sp³-hybridized carbons (Fsp3) is 0.939. The van der Waals surface area contributed by atoms with Gasteiger partial charge in [0.05, 0.1) is 25.4 Å². The monoisotopic (exact) mass is 642 g/mol. The molecule has 2 aliphatic heterocycles. The number of aliphatic hydroxyl groups excluding tert-OH is 8. The Balaban J connectivity index is 1.10. The number of fused-ring (bicyclic) bond motifs is 5. The Labute approximate surface area is 265 Å². The van der Waals surface area contributed by atoms with Crippen molar-refractivity contribution in [2.45, 2.75) is 146 Å². The minimum Gasteiger partial charge on any atom is -0.394 e.